The fourth-order valence-corrected chi connectivity index (χ4v) is 2.25. The van der Waals surface area contributed by atoms with Gasteiger partial charge in [0.2, 0.25) is 0 Å². The van der Waals surface area contributed by atoms with Crippen molar-refractivity contribution in [2.75, 3.05) is 6.54 Å². The molecule has 112 valence electrons. The molecule has 0 heterocycles. The van der Waals surface area contributed by atoms with Crippen molar-refractivity contribution >= 4 is 5.97 Å². The van der Waals surface area contributed by atoms with E-state index in [0.29, 0.717) is 24.8 Å². The third-order valence-corrected chi connectivity index (χ3v) is 3.47. The van der Waals surface area contributed by atoms with Crippen molar-refractivity contribution in [3.05, 3.63) is 35.4 Å². The summed E-state index contributed by atoms with van der Waals surface area (Å²) in [7, 11) is 0. The van der Waals surface area contributed by atoms with Crippen LogP contribution in [0.5, 0.6) is 0 Å². The molecule has 0 aliphatic heterocycles. The zero-order chi connectivity index (χ0) is 15.1. The van der Waals surface area contributed by atoms with Crippen LogP contribution in [0.2, 0.25) is 0 Å². The number of carboxylic acid groups (broad SMARTS) is 1. The number of rotatable bonds is 8. The highest BCUT2D eigenvalue weighted by Crippen LogP contribution is 2.15. The van der Waals surface area contributed by atoms with Crippen LogP contribution < -0.4 is 5.32 Å². The molecule has 0 aliphatic rings. The Morgan fingerprint density at radius 1 is 1.15 bits per heavy atom. The number of hydrogen-bond acceptors (Lipinski definition) is 2. The van der Waals surface area contributed by atoms with Crippen LogP contribution in [-0.2, 0) is 11.3 Å². The molecule has 0 amide bonds. The molecule has 0 saturated carbocycles. The minimum Gasteiger partial charge on any atom is -0.481 e. The van der Waals surface area contributed by atoms with Crippen molar-refractivity contribution in [3.8, 4) is 0 Å². The molecule has 1 aromatic carbocycles. The van der Waals surface area contributed by atoms with Crippen molar-refractivity contribution < 1.29 is 9.90 Å². The monoisotopic (exact) mass is 277 g/mol. The van der Waals surface area contributed by atoms with Crippen LogP contribution >= 0.6 is 0 Å². The fraction of sp³-hybridized carbons (Fsp3) is 0.588. The summed E-state index contributed by atoms with van der Waals surface area (Å²) in [5.41, 5.74) is 2.53. The summed E-state index contributed by atoms with van der Waals surface area (Å²) >= 11 is 0. The molecule has 0 radical (unpaired) electrons. The number of hydrogen-bond donors (Lipinski definition) is 2. The van der Waals surface area contributed by atoms with Crippen molar-refractivity contribution in [3.63, 3.8) is 0 Å². The molecule has 3 nitrogen and oxygen atoms in total. The van der Waals surface area contributed by atoms with E-state index < -0.39 is 5.97 Å². The Labute approximate surface area is 122 Å². The zero-order valence-corrected chi connectivity index (χ0v) is 13.0. The smallest absolute Gasteiger partial charge is 0.307 e. The minimum atomic E-state index is -0.707. The molecule has 1 unspecified atom stereocenters. The Balaban J connectivity index is 2.44. The Hall–Kier alpha value is -1.35. The molecule has 1 rings (SSSR count). The number of aliphatic carboxylic acids is 1. The van der Waals surface area contributed by atoms with Crippen molar-refractivity contribution in [1.29, 1.82) is 0 Å². The molecule has 1 aromatic rings. The van der Waals surface area contributed by atoms with Gasteiger partial charge in [0.05, 0.1) is 5.92 Å². The summed E-state index contributed by atoms with van der Waals surface area (Å²) in [6.45, 7) is 9.72. The number of carbonyl (C=O) groups is 1. The van der Waals surface area contributed by atoms with E-state index in [0.717, 1.165) is 6.54 Å². The van der Waals surface area contributed by atoms with Gasteiger partial charge in [0.15, 0.2) is 0 Å². The van der Waals surface area contributed by atoms with Gasteiger partial charge in [0, 0.05) is 13.1 Å². The lowest BCUT2D eigenvalue weighted by Crippen LogP contribution is -2.29. The highest BCUT2D eigenvalue weighted by atomic mass is 16.4. The Morgan fingerprint density at radius 3 is 2.20 bits per heavy atom. The van der Waals surface area contributed by atoms with Gasteiger partial charge in [-0.15, -0.1) is 0 Å². The van der Waals surface area contributed by atoms with Gasteiger partial charge in [-0.3, -0.25) is 4.79 Å². The number of nitrogens with one attached hydrogen (secondary N) is 1. The molecule has 0 spiro atoms. The van der Waals surface area contributed by atoms with E-state index in [-0.39, 0.29) is 5.92 Å². The van der Waals surface area contributed by atoms with Gasteiger partial charge in [-0.05, 0) is 29.4 Å². The molecule has 0 fully saturated rings. The van der Waals surface area contributed by atoms with Crippen LogP contribution in [0, 0.1) is 11.8 Å². The zero-order valence-electron chi connectivity index (χ0n) is 13.0. The van der Waals surface area contributed by atoms with Gasteiger partial charge < -0.3 is 10.4 Å². The summed E-state index contributed by atoms with van der Waals surface area (Å²) in [6.07, 6.45) is 0.717. The molecule has 1 atom stereocenters. The highest BCUT2D eigenvalue weighted by Gasteiger charge is 2.18. The first-order valence-corrected chi connectivity index (χ1v) is 7.42. The lowest BCUT2D eigenvalue weighted by atomic mass is 9.97. The summed E-state index contributed by atoms with van der Waals surface area (Å²) in [5.74, 6) is -0.0611. The predicted octanol–water partition coefficient (Wildman–Crippen LogP) is 3.65. The van der Waals surface area contributed by atoms with Crippen molar-refractivity contribution in [1.82, 2.24) is 5.32 Å². The molecule has 0 bridgehead atoms. The summed E-state index contributed by atoms with van der Waals surface area (Å²) in [4.78, 5) is 11.2. The Bertz CT molecular complexity index is 410. The maximum Gasteiger partial charge on any atom is 0.307 e. The second kappa shape index (κ2) is 8.05. The maximum absolute atomic E-state index is 11.2. The third-order valence-electron chi connectivity index (χ3n) is 3.47. The SMILES string of the molecule is CC(C)CC(CNCc1ccc(C(C)C)cc1)C(=O)O. The normalized spacial score (nSPS) is 12.9. The van der Waals surface area contributed by atoms with Crippen LogP contribution in [0.1, 0.15) is 51.2 Å². The fourth-order valence-electron chi connectivity index (χ4n) is 2.25. The van der Waals surface area contributed by atoms with E-state index in [1.807, 2.05) is 0 Å². The first-order valence-electron chi connectivity index (χ1n) is 7.42. The molecule has 3 heteroatoms. The van der Waals surface area contributed by atoms with Gasteiger partial charge >= 0.3 is 5.97 Å². The lowest BCUT2D eigenvalue weighted by Gasteiger charge is -2.15. The van der Waals surface area contributed by atoms with E-state index >= 15 is 0 Å². The van der Waals surface area contributed by atoms with Gasteiger partial charge in [-0.2, -0.15) is 0 Å². The average Bonchev–Trinajstić information content (AvgIpc) is 2.37. The van der Waals surface area contributed by atoms with Crippen LogP contribution in [0.15, 0.2) is 24.3 Å². The largest absolute Gasteiger partial charge is 0.481 e. The topological polar surface area (TPSA) is 49.3 Å². The van der Waals surface area contributed by atoms with Crippen molar-refractivity contribution in [2.24, 2.45) is 11.8 Å². The third kappa shape index (κ3) is 5.74. The molecular formula is C17H27NO2. The van der Waals surface area contributed by atoms with E-state index in [1.165, 1.54) is 11.1 Å². The quantitative estimate of drug-likeness (QED) is 0.762. The molecular weight excluding hydrogens is 250 g/mol. The van der Waals surface area contributed by atoms with Crippen LogP contribution in [-0.4, -0.2) is 17.6 Å². The average molecular weight is 277 g/mol. The Morgan fingerprint density at radius 2 is 1.75 bits per heavy atom. The van der Waals surface area contributed by atoms with Crippen molar-refractivity contribution in [2.45, 2.75) is 46.6 Å². The van der Waals surface area contributed by atoms with Crippen LogP contribution in [0.4, 0.5) is 0 Å². The minimum absolute atomic E-state index is 0.301. The van der Waals surface area contributed by atoms with E-state index in [1.54, 1.807) is 0 Å². The van der Waals surface area contributed by atoms with E-state index in [2.05, 4.69) is 57.3 Å². The molecule has 0 aromatic heterocycles. The van der Waals surface area contributed by atoms with Gasteiger partial charge in [-0.25, -0.2) is 0 Å². The second-order valence-electron chi connectivity index (χ2n) is 6.19. The van der Waals surface area contributed by atoms with Crippen LogP contribution in [0.25, 0.3) is 0 Å². The number of carboxylic acids is 1. The number of benzene rings is 1. The predicted molar refractivity (Wildman–Crippen MR) is 82.8 cm³/mol. The highest BCUT2D eigenvalue weighted by molar-refractivity contribution is 5.70. The first kappa shape index (κ1) is 16.7. The van der Waals surface area contributed by atoms with Gasteiger partial charge in [0.25, 0.3) is 0 Å². The Kier molecular flexibility index (Phi) is 6.73. The summed E-state index contributed by atoms with van der Waals surface area (Å²) in [6, 6.07) is 8.51. The summed E-state index contributed by atoms with van der Waals surface area (Å²) in [5, 5.41) is 12.4. The molecule has 0 saturated heterocycles. The molecule has 0 aliphatic carbocycles. The van der Waals surface area contributed by atoms with E-state index in [4.69, 9.17) is 0 Å². The molecule has 20 heavy (non-hydrogen) atoms. The molecule has 2 N–H and O–H groups in total. The second-order valence-corrected chi connectivity index (χ2v) is 6.19. The summed E-state index contributed by atoms with van der Waals surface area (Å²) < 4.78 is 0. The lowest BCUT2D eigenvalue weighted by molar-refractivity contribution is -0.142. The standard InChI is InChI=1S/C17H27NO2/c1-12(2)9-16(17(19)20)11-18-10-14-5-7-15(8-6-14)13(3)4/h5-8,12-13,16,18H,9-11H2,1-4H3,(H,19,20). The maximum atomic E-state index is 11.2. The van der Waals surface area contributed by atoms with Crippen LogP contribution in [0.3, 0.4) is 0 Å². The van der Waals surface area contributed by atoms with Gasteiger partial charge in [0.1, 0.15) is 0 Å². The van der Waals surface area contributed by atoms with E-state index in [9.17, 15) is 9.90 Å². The van der Waals surface area contributed by atoms with Gasteiger partial charge in [-0.1, -0.05) is 52.0 Å². The first-order chi connectivity index (χ1) is 9.40.